The molecule has 0 saturated carbocycles. The molecule has 1 aromatic heterocycles. The maximum atomic E-state index is 15.1. The molecule has 1 aromatic carbocycles. The first kappa shape index (κ1) is 24.4. The Balaban J connectivity index is 1.54. The van der Waals surface area contributed by atoms with Crippen molar-refractivity contribution in [3.63, 3.8) is 0 Å². The number of thiazole rings is 1. The number of carbonyl (C=O) groups excluding carboxylic acids is 1. The van der Waals surface area contributed by atoms with Crippen LogP contribution in [0.25, 0.3) is 10.2 Å². The lowest BCUT2D eigenvalue weighted by atomic mass is 9.79. The molecule has 6 nitrogen and oxygen atoms in total. The molecule has 0 unspecified atom stereocenters. The van der Waals surface area contributed by atoms with Crippen LogP contribution < -0.4 is 5.46 Å². The van der Waals surface area contributed by atoms with Gasteiger partial charge in [-0.05, 0) is 78.9 Å². The first-order valence-corrected chi connectivity index (χ1v) is 12.4. The molecule has 2 aromatic rings. The van der Waals surface area contributed by atoms with Crippen LogP contribution in [0.3, 0.4) is 0 Å². The lowest BCUT2D eigenvalue weighted by Gasteiger charge is -2.38. The number of amides is 1. The topological polar surface area (TPSA) is 60.9 Å². The van der Waals surface area contributed by atoms with Crippen molar-refractivity contribution in [3.05, 3.63) is 23.0 Å². The van der Waals surface area contributed by atoms with Gasteiger partial charge >= 0.3 is 13.2 Å². The van der Waals surface area contributed by atoms with Crippen molar-refractivity contribution in [3.8, 4) is 0 Å². The van der Waals surface area contributed by atoms with Crippen molar-refractivity contribution in [1.82, 2.24) is 9.88 Å². The number of carbonyl (C=O) groups is 1. The summed E-state index contributed by atoms with van der Waals surface area (Å²) in [5, 5.41) is 0.895. The first-order chi connectivity index (χ1) is 15.1. The number of ether oxygens (including phenoxy) is 1. The molecule has 33 heavy (non-hydrogen) atoms. The summed E-state index contributed by atoms with van der Waals surface area (Å²) >= 11 is 1.51. The third-order valence-corrected chi connectivity index (χ3v) is 8.34. The highest BCUT2D eigenvalue weighted by Gasteiger charge is 2.52. The largest absolute Gasteiger partial charge is 0.494 e. The lowest BCUT2D eigenvalue weighted by molar-refractivity contribution is 0.00578. The third kappa shape index (κ3) is 4.64. The number of aromatic nitrogens is 1. The molecular formula is C24H34BFN2O4S. The minimum Gasteiger partial charge on any atom is -0.444 e. The summed E-state index contributed by atoms with van der Waals surface area (Å²) in [6.07, 6.45) is 1.21. The molecule has 0 spiro atoms. The zero-order valence-electron chi connectivity index (χ0n) is 20.9. The number of piperidine rings is 1. The van der Waals surface area contributed by atoms with Gasteiger partial charge < -0.3 is 18.9 Å². The molecule has 4 rings (SSSR count). The second-order valence-corrected chi connectivity index (χ2v) is 12.5. The Labute approximate surface area is 199 Å². The number of halogens is 1. The highest BCUT2D eigenvalue weighted by molar-refractivity contribution is 7.18. The van der Waals surface area contributed by atoms with Crippen molar-refractivity contribution >= 4 is 40.2 Å². The summed E-state index contributed by atoms with van der Waals surface area (Å²) in [5.41, 5.74) is -0.671. The lowest BCUT2D eigenvalue weighted by Crippen LogP contribution is -2.45. The van der Waals surface area contributed by atoms with Crippen LogP contribution in [-0.2, 0) is 19.5 Å². The van der Waals surface area contributed by atoms with Crippen molar-refractivity contribution in [2.45, 2.75) is 90.4 Å². The standard InChI is InChI=1S/C24H34BFN2O4S/c1-21(2,3)30-20(29)28-11-9-24(8,10-12-28)19-27-18-16(26)13-15(14-17(18)33-19)25-31-22(4,5)23(6,7)32-25/h13-14H,9-12H2,1-8H3. The van der Waals surface area contributed by atoms with E-state index in [1.807, 2.05) is 54.5 Å². The van der Waals surface area contributed by atoms with E-state index in [0.717, 1.165) is 22.5 Å². The van der Waals surface area contributed by atoms with Crippen molar-refractivity contribution in [2.24, 2.45) is 0 Å². The molecule has 1 amide bonds. The minimum absolute atomic E-state index is 0.223. The molecular weight excluding hydrogens is 442 g/mol. The van der Waals surface area contributed by atoms with Gasteiger partial charge in [0.2, 0.25) is 0 Å². The van der Waals surface area contributed by atoms with Crippen LogP contribution in [0.1, 0.15) is 73.2 Å². The van der Waals surface area contributed by atoms with Gasteiger partial charge in [-0.1, -0.05) is 6.92 Å². The van der Waals surface area contributed by atoms with Crippen LogP contribution in [0.4, 0.5) is 9.18 Å². The number of fused-ring (bicyclic) bond motifs is 1. The third-order valence-electron chi connectivity index (χ3n) is 7.03. The highest BCUT2D eigenvalue weighted by Crippen LogP contribution is 2.41. The Morgan fingerprint density at radius 1 is 1.12 bits per heavy atom. The zero-order valence-corrected chi connectivity index (χ0v) is 21.7. The monoisotopic (exact) mass is 476 g/mol. The molecule has 0 atom stereocenters. The van der Waals surface area contributed by atoms with Gasteiger partial charge in [0.25, 0.3) is 0 Å². The van der Waals surface area contributed by atoms with Crippen molar-refractivity contribution in [2.75, 3.05) is 13.1 Å². The smallest absolute Gasteiger partial charge is 0.444 e. The van der Waals surface area contributed by atoms with Gasteiger partial charge in [-0.2, -0.15) is 0 Å². The second-order valence-electron chi connectivity index (χ2n) is 11.5. The van der Waals surface area contributed by atoms with E-state index >= 15 is 4.39 Å². The second kappa shape index (κ2) is 7.92. The Morgan fingerprint density at radius 2 is 1.70 bits per heavy atom. The number of hydrogen-bond acceptors (Lipinski definition) is 6. The fourth-order valence-corrected chi connectivity index (χ4v) is 5.34. The SMILES string of the molecule is CC(C)(C)OC(=O)N1CCC(C)(c2nc3c(F)cc(B4OC(C)(C)C(C)(C)O4)cc3s2)CC1. The Kier molecular flexibility index (Phi) is 5.86. The molecule has 0 N–H and O–H groups in total. The molecule has 9 heteroatoms. The zero-order chi connectivity index (χ0) is 24.4. The van der Waals surface area contributed by atoms with E-state index in [9.17, 15) is 4.79 Å². The molecule has 3 heterocycles. The summed E-state index contributed by atoms with van der Waals surface area (Å²) in [4.78, 5) is 18.9. The average molecular weight is 476 g/mol. The van der Waals surface area contributed by atoms with E-state index in [2.05, 4.69) is 11.9 Å². The van der Waals surface area contributed by atoms with E-state index in [-0.39, 0.29) is 17.3 Å². The van der Waals surface area contributed by atoms with E-state index in [4.69, 9.17) is 14.0 Å². The van der Waals surface area contributed by atoms with Crippen molar-refractivity contribution < 1.29 is 23.2 Å². The van der Waals surface area contributed by atoms with Crippen LogP contribution in [0.2, 0.25) is 0 Å². The molecule has 180 valence electrons. The summed E-state index contributed by atoms with van der Waals surface area (Å²) in [5.74, 6) is -0.366. The van der Waals surface area contributed by atoms with Gasteiger partial charge in [0.05, 0.1) is 20.9 Å². The number of rotatable bonds is 2. The molecule has 0 aliphatic carbocycles. The van der Waals surface area contributed by atoms with Gasteiger partial charge in [-0.25, -0.2) is 14.2 Å². The number of hydrogen-bond donors (Lipinski definition) is 0. The molecule has 0 radical (unpaired) electrons. The summed E-state index contributed by atoms with van der Waals surface area (Å²) in [6, 6.07) is 3.41. The number of benzene rings is 1. The number of likely N-dealkylation sites (tertiary alicyclic amines) is 1. The predicted octanol–water partition coefficient (Wildman–Crippen LogP) is 5.02. The first-order valence-electron chi connectivity index (χ1n) is 11.5. The minimum atomic E-state index is -0.618. The fraction of sp³-hybridized carbons (Fsp3) is 0.667. The Hall–Kier alpha value is -1.71. The van der Waals surface area contributed by atoms with Gasteiger partial charge in [-0.15, -0.1) is 11.3 Å². The molecule has 2 fully saturated rings. The maximum absolute atomic E-state index is 15.1. The van der Waals surface area contributed by atoms with Gasteiger partial charge in [0.15, 0.2) is 0 Å². The van der Waals surface area contributed by atoms with E-state index in [0.29, 0.717) is 24.1 Å². The predicted molar refractivity (Wildman–Crippen MR) is 130 cm³/mol. The molecule has 2 aliphatic rings. The van der Waals surface area contributed by atoms with E-state index < -0.39 is 23.9 Å². The Bertz CT molecular complexity index is 1050. The van der Waals surface area contributed by atoms with E-state index in [1.54, 1.807) is 4.90 Å². The molecule has 0 bridgehead atoms. The number of nitrogens with zero attached hydrogens (tertiary/aromatic N) is 2. The van der Waals surface area contributed by atoms with Crippen LogP contribution in [-0.4, -0.2) is 53.0 Å². The van der Waals surface area contributed by atoms with Crippen LogP contribution >= 0.6 is 11.3 Å². The quantitative estimate of drug-likeness (QED) is 0.570. The summed E-state index contributed by atoms with van der Waals surface area (Å²) in [7, 11) is -0.618. The van der Waals surface area contributed by atoms with Gasteiger partial charge in [0.1, 0.15) is 16.9 Å². The van der Waals surface area contributed by atoms with Crippen LogP contribution in [0.15, 0.2) is 12.1 Å². The summed E-state index contributed by atoms with van der Waals surface area (Å²) < 4.78 is 33.6. The van der Waals surface area contributed by atoms with Crippen molar-refractivity contribution in [1.29, 1.82) is 0 Å². The van der Waals surface area contributed by atoms with Gasteiger partial charge in [0, 0.05) is 18.5 Å². The molecule has 2 saturated heterocycles. The van der Waals surface area contributed by atoms with Gasteiger partial charge in [-0.3, -0.25) is 0 Å². The van der Waals surface area contributed by atoms with E-state index in [1.165, 1.54) is 17.4 Å². The van der Waals surface area contributed by atoms with Crippen LogP contribution in [0, 0.1) is 5.82 Å². The van der Waals surface area contributed by atoms with Crippen LogP contribution in [0.5, 0.6) is 0 Å². The normalized spacial score (nSPS) is 22.1. The fourth-order valence-electron chi connectivity index (χ4n) is 4.11. The average Bonchev–Trinajstić information content (AvgIpc) is 3.20. The Morgan fingerprint density at radius 3 is 2.24 bits per heavy atom. The maximum Gasteiger partial charge on any atom is 0.494 e. The summed E-state index contributed by atoms with van der Waals surface area (Å²) in [6.45, 7) is 16.9. The highest BCUT2D eigenvalue weighted by atomic mass is 32.1. The molecule has 2 aliphatic heterocycles.